The maximum atomic E-state index is 12.6. The molecule has 0 atom stereocenters. The Bertz CT molecular complexity index is 687. The van der Waals surface area contributed by atoms with Gasteiger partial charge in [-0.1, -0.05) is 64.7 Å². The predicted octanol–water partition coefficient (Wildman–Crippen LogP) is 5.36. The number of nitro benzene ring substituents is 1. The van der Waals surface area contributed by atoms with Crippen LogP contribution >= 0.6 is 0 Å². The van der Waals surface area contributed by atoms with Gasteiger partial charge in [0, 0.05) is 25.8 Å². The Morgan fingerprint density at radius 2 is 1.44 bits per heavy atom. The largest absolute Gasteiger partial charge is 0.378 e. The highest BCUT2D eigenvalue weighted by molar-refractivity contribution is 7.91. The Morgan fingerprint density at radius 1 is 0.926 bits per heavy atom. The molecule has 0 aliphatic heterocycles. The van der Waals surface area contributed by atoms with Crippen molar-refractivity contribution in [3.05, 3.63) is 28.3 Å². The summed E-state index contributed by atoms with van der Waals surface area (Å²) in [6, 6.07) is 4.25. The second-order valence-electron chi connectivity index (χ2n) is 7.30. The summed E-state index contributed by atoms with van der Waals surface area (Å²) in [6.45, 7) is 2.21. The van der Waals surface area contributed by atoms with E-state index >= 15 is 0 Å². The first-order chi connectivity index (χ1) is 12.8. The number of unbranched alkanes of at least 4 members (excludes halogenated alkanes) is 9. The molecule has 0 fully saturated rings. The summed E-state index contributed by atoms with van der Waals surface area (Å²) < 4.78 is 25.3. The molecule has 0 amide bonds. The summed E-state index contributed by atoms with van der Waals surface area (Å²) in [4.78, 5) is 12.2. The lowest BCUT2D eigenvalue weighted by Gasteiger charge is -2.14. The monoisotopic (exact) mass is 398 g/mol. The number of rotatable bonds is 14. The van der Waals surface area contributed by atoms with E-state index in [1.54, 1.807) is 25.1 Å². The Labute approximate surface area is 164 Å². The quantitative estimate of drug-likeness (QED) is 0.239. The summed E-state index contributed by atoms with van der Waals surface area (Å²) in [5.41, 5.74) is 0.301. The van der Waals surface area contributed by atoms with Crippen LogP contribution in [0.15, 0.2) is 23.1 Å². The van der Waals surface area contributed by atoms with Crippen LogP contribution in [0.25, 0.3) is 0 Å². The van der Waals surface area contributed by atoms with E-state index in [-0.39, 0.29) is 16.3 Å². The molecule has 1 aromatic rings. The second kappa shape index (κ2) is 12.0. The number of hydrogen-bond acceptors (Lipinski definition) is 5. The molecule has 0 spiro atoms. The second-order valence-corrected chi connectivity index (χ2v) is 9.38. The number of sulfone groups is 1. The third-order valence-corrected chi connectivity index (χ3v) is 6.58. The van der Waals surface area contributed by atoms with Crippen molar-refractivity contribution in [3.63, 3.8) is 0 Å². The zero-order valence-electron chi connectivity index (χ0n) is 16.9. The minimum Gasteiger partial charge on any atom is -0.378 e. The maximum Gasteiger partial charge on any atom is 0.288 e. The van der Waals surface area contributed by atoms with Gasteiger partial charge in [0.15, 0.2) is 9.84 Å². The van der Waals surface area contributed by atoms with E-state index in [0.717, 1.165) is 19.3 Å². The molecule has 0 N–H and O–H groups in total. The number of anilines is 1. The van der Waals surface area contributed by atoms with Crippen molar-refractivity contribution in [1.29, 1.82) is 0 Å². The lowest BCUT2D eigenvalue weighted by Crippen LogP contribution is -2.13. The molecule has 0 aliphatic rings. The van der Waals surface area contributed by atoms with E-state index in [4.69, 9.17) is 0 Å². The van der Waals surface area contributed by atoms with E-state index < -0.39 is 14.8 Å². The molecular formula is C20H34N2O4S. The highest BCUT2D eigenvalue weighted by Crippen LogP contribution is 2.29. The van der Waals surface area contributed by atoms with Gasteiger partial charge in [-0.05, 0) is 18.6 Å². The van der Waals surface area contributed by atoms with E-state index in [9.17, 15) is 18.5 Å². The summed E-state index contributed by atoms with van der Waals surface area (Å²) in [7, 11) is -0.113. The minimum atomic E-state index is -3.67. The van der Waals surface area contributed by atoms with Crippen LogP contribution in [0.3, 0.4) is 0 Å². The Balaban J connectivity index is 2.51. The van der Waals surface area contributed by atoms with Crippen LogP contribution in [0, 0.1) is 10.1 Å². The highest BCUT2D eigenvalue weighted by Gasteiger charge is 2.26. The zero-order valence-corrected chi connectivity index (χ0v) is 17.8. The highest BCUT2D eigenvalue weighted by atomic mass is 32.2. The number of nitrogens with zero attached hydrogens (tertiary/aromatic N) is 2. The third kappa shape index (κ3) is 8.28. The van der Waals surface area contributed by atoms with E-state index in [1.165, 1.54) is 50.7 Å². The van der Waals surface area contributed by atoms with Crippen molar-refractivity contribution in [1.82, 2.24) is 0 Å². The average molecular weight is 399 g/mol. The van der Waals surface area contributed by atoms with Crippen LogP contribution in [-0.2, 0) is 9.84 Å². The Hall–Kier alpha value is -1.63. The predicted molar refractivity (Wildman–Crippen MR) is 111 cm³/mol. The molecule has 0 saturated heterocycles. The molecule has 0 unspecified atom stereocenters. The Morgan fingerprint density at radius 3 is 1.93 bits per heavy atom. The van der Waals surface area contributed by atoms with Crippen molar-refractivity contribution in [2.75, 3.05) is 24.7 Å². The van der Waals surface area contributed by atoms with Gasteiger partial charge in [0.2, 0.25) is 0 Å². The van der Waals surface area contributed by atoms with E-state index in [2.05, 4.69) is 6.92 Å². The molecule has 0 bridgehead atoms. The molecule has 7 heteroatoms. The summed E-state index contributed by atoms with van der Waals surface area (Å²) in [5, 5.41) is 11.2. The molecule has 1 aromatic carbocycles. The molecule has 27 heavy (non-hydrogen) atoms. The van der Waals surface area contributed by atoms with Gasteiger partial charge in [0.1, 0.15) is 4.90 Å². The van der Waals surface area contributed by atoms with Crippen LogP contribution in [0.4, 0.5) is 11.4 Å². The number of hydrogen-bond donors (Lipinski definition) is 0. The maximum absolute atomic E-state index is 12.6. The van der Waals surface area contributed by atoms with Crippen molar-refractivity contribution in [3.8, 4) is 0 Å². The summed E-state index contributed by atoms with van der Waals surface area (Å²) >= 11 is 0. The minimum absolute atomic E-state index is 0.0405. The first-order valence-corrected chi connectivity index (χ1v) is 11.6. The molecular weight excluding hydrogens is 364 g/mol. The molecule has 1 rings (SSSR count). The van der Waals surface area contributed by atoms with Crippen LogP contribution in [-0.4, -0.2) is 33.2 Å². The van der Waals surface area contributed by atoms with Gasteiger partial charge in [-0.3, -0.25) is 10.1 Å². The average Bonchev–Trinajstić information content (AvgIpc) is 2.62. The normalized spacial score (nSPS) is 11.5. The third-order valence-electron chi connectivity index (χ3n) is 4.76. The molecule has 154 valence electrons. The van der Waals surface area contributed by atoms with Crippen LogP contribution in [0.5, 0.6) is 0 Å². The van der Waals surface area contributed by atoms with Gasteiger partial charge in [0.05, 0.1) is 10.7 Å². The van der Waals surface area contributed by atoms with Gasteiger partial charge in [0.25, 0.3) is 5.69 Å². The van der Waals surface area contributed by atoms with Crippen LogP contribution < -0.4 is 4.90 Å². The summed E-state index contributed by atoms with van der Waals surface area (Å²) in [6.07, 6.45) is 11.1. The summed E-state index contributed by atoms with van der Waals surface area (Å²) in [5.74, 6) is -0.0405. The molecule has 0 aliphatic carbocycles. The van der Waals surface area contributed by atoms with Gasteiger partial charge >= 0.3 is 0 Å². The fourth-order valence-corrected chi connectivity index (χ4v) is 4.64. The first-order valence-electron chi connectivity index (χ1n) is 9.98. The smallest absolute Gasteiger partial charge is 0.288 e. The van der Waals surface area contributed by atoms with Crippen LogP contribution in [0.1, 0.15) is 71.1 Å². The van der Waals surface area contributed by atoms with E-state index in [1.807, 2.05) is 0 Å². The molecule has 0 radical (unpaired) electrons. The SMILES string of the molecule is CCCCCCCCCCCCS(=O)(=O)c1cc(N(C)C)ccc1[N+](=O)[O-]. The van der Waals surface area contributed by atoms with Gasteiger partial charge in [-0.25, -0.2) is 8.42 Å². The lowest BCUT2D eigenvalue weighted by molar-refractivity contribution is -0.387. The zero-order chi connectivity index (χ0) is 20.3. The van der Waals surface area contributed by atoms with E-state index in [0.29, 0.717) is 12.1 Å². The van der Waals surface area contributed by atoms with Crippen LogP contribution in [0.2, 0.25) is 0 Å². The first kappa shape index (κ1) is 23.4. The van der Waals surface area contributed by atoms with Gasteiger partial charge in [-0.2, -0.15) is 0 Å². The molecule has 6 nitrogen and oxygen atoms in total. The topological polar surface area (TPSA) is 80.5 Å². The molecule has 0 aromatic heterocycles. The van der Waals surface area contributed by atoms with Crippen molar-refractivity contribution in [2.24, 2.45) is 0 Å². The van der Waals surface area contributed by atoms with Gasteiger partial charge in [-0.15, -0.1) is 0 Å². The van der Waals surface area contributed by atoms with Crippen molar-refractivity contribution in [2.45, 2.75) is 76.0 Å². The van der Waals surface area contributed by atoms with Gasteiger partial charge < -0.3 is 4.90 Å². The molecule has 0 saturated carbocycles. The number of benzene rings is 1. The fourth-order valence-electron chi connectivity index (χ4n) is 3.07. The number of nitro groups is 1. The van der Waals surface area contributed by atoms with Crippen molar-refractivity contribution >= 4 is 21.2 Å². The Kier molecular flexibility index (Phi) is 10.4. The standard InChI is InChI=1S/C20H34N2O4S/c1-4-5-6-7-8-9-10-11-12-13-16-27(25,26)20-17-18(21(2)3)14-15-19(20)22(23)24/h14-15,17H,4-13,16H2,1-3H3. The lowest BCUT2D eigenvalue weighted by atomic mass is 10.1. The molecule has 0 heterocycles. The fraction of sp³-hybridized carbons (Fsp3) is 0.700. The van der Waals surface area contributed by atoms with Crippen molar-refractivity contribution < 1.29 is 13.3 Å².